The first-order valence-corrected chi connectivity index (χ1v) is 32.0. The van der Waals surface area contributed by atoms with E-state index in [1.807, 2.05) is 22.7 Å². The van der Waals surface area contributed by atoms with Crippen LogP contribution in [0.4, 0.5) is 45.5 Å². The average Bonchev–Trinajstić information content (AvgIpc) is 1.58. The molecule has 2 atom stereocenters. The Morgan fingerprint density at radius 3 is 1.59 bits per heavy atom. The maximum atomic E-state index is 2.85. The summed E-state index contributed by atoms with van der Waals surface area (Å²) < 4.78 is 5.31. The summed E-state index contributed by atoms with van der Waals surface area (Å²) in [5.74, 6) is 0. The van der Waals surface area contributed by atoms with Crippen LogP contribution in [0.15, 0.2) is 170 Å². The fourth-order valence-corrected chi connectivity index (χ4v) is 19.9. The van der Waals surface area contributed by atoms with Crippen molar-refractivity contribution in [1.82, 2.24) is 0 Å². The summed E-state index contributed by atoms with van der Waals surface area (Å²) in [6, 6.07) is 67.6. The smallest absolute Gasteiger partial charge is 0.252 e. The van der Waals surface area contributed by atoms with E-state index in [0.717, 1.165) is 19.3 Å². The largest absolute Gasteiger partial charge is 0.334 e. The second-order valence-electron chi connectivity index (χ2n) is 28.1. The predicted molar refractivity (Wildman–Crippen MR) is 355 cm³/mol. The standard InChI is InChI=1S/C76H70BN3S2/c1-71(2)37-38-72(3,4)53-43-61-56(41-52(53)71)77-57-42-54-55(74(7,8)50-27-14-13-26-49(50)73(54,5)6)44-62(57)78(59-30-22-34-67-68(59)48-24-12-18-33-66(48)81-67)63-39-45(80-58-29-16-15-28-51(58)75(9)35-19-20-36-76(75,80)10)40-64(69(63)77)79(61)60-31-21-25-47-46-23-11-17-32-65(46)82-70(47)60/h11-18,21-34,39-44H,19-20,35-38H2,1-10H3. The van der Waals surface area contributed by atoms with Crippen LogP contribution in [0.1, 0.15) is 147 Å². The van der Waals surface area contributed by atoms with E-state index in [0.29, 0.717) is 0 Å². The number of fused-ring (bicyclic) bond motifs is 16. The Labute approximate surface area is 492 Å². The lowest BCUT2D eigenvalue weighted by Crippen LogP contribution is -2.62. The zero-order chi connectivity index (χ0) is 55.8. The minimum absolute atomic E-state index is 0.000830. The van der Waals surface area contributed by atoms with Crippen LogP contribution in [0, 0.1) is 0 Å². The summed E-state index contributed by atoms with van der Waals surface area (Å²) in [6.45, 7) is 25.2. The molecular formula is C76H70BN3S2. The van der Waals surface area contributed by atoms with E-state index in [9.17, 15) is 0 Å². The lowest BCUT2D eigenvalue weighted by molar-refractivity contribution is 0.195. The number of thiophene rings is 2. The molecule has 0 radical (unpaired) electrons. The van der Waals surface area contributed by atoms with Gasteiger partial charge < -0.3 is 14.7 Å². The third kappa shape index (κ3) is 6.23. The second-order valence-corrected chi connectivity index (χ2v) is 30.3. The van der Waals surface area contributed by atoms with Crippen LogP contribution >= 0.6 is 22.7 Å². The lowest BCUT2D eigenvalue weighted by Gasteiger charge is -2.52. The van der Waals surface area contributed by atoms with Gasteiger partial charge in [0.05, 0.1) is 21.6 Å². The summed E-state index contributed by atoms with van der Waals surface area (Å²) in [5, 5.41) is 5.30. The Kier molecular flexibility index (Phi) is 9.87. The monoisotopic (exact) mass is 1100 g/mol. The first kappa shape index (κ1) is 49.5. The molecule has 3 nitrogen and oxygen atoms in total. The quantitative estimate of drug-likeness (QED) is 0.163. The number of benzene rings is 9. The van der Waals surface area contributed by atoms with Crippen molar-refractivity contribution in [2.24, 2.45) is 0 Å². The van der Waals surface area contributed by atoms with Gasteiger partial charge in [0.2, 0.25) is 0 Å². The molecule has 0 N–H and O–H groups in total. The molecule has 11 aromatic rings. The topological polar surface area (TPSA) is 9.72 Å². The zero-order valence-corrected chi connectivity index (χ0v) is 50.8. The van der Waals surface area contributed by atoms with E-state index in [1.165, 1.54) is 160 Å². The highest BCUT2D eigenvalue weighted by molar-refractivity contribution is 7.26. The number of anilines is 8. The van der Waals surface area contributed by atoms with E-state index >= 15 is 0 Å². The molecule has 3 aliphatic heterocycles. The van der Waals surface area contributed by atoms with E-state index in [-0.39, 0.29) is 39.3 Å². The van der Waals surface area contributed by atoms with Crippen LogP contribution in [0.5, 0.6) is 0 Å². The summed E-state index contributed by atoms with van der Waals surface area (Å²) in [6.07, 6.45) is 7.07. The highest BCUT2D eigenvalue weighted by atomic mass is 32.1. The number of hydrogen-bond acceptors (Lipinski definition) is 5. The van der Waals surface area contributed by atoms with Gasteiger partial charge in [-0.25, -0.2) is 0 Å². The molecule has 1 saturated carbocycles. The first-order valence-electron chi connectivity index (χ1n) is 30.4. The number of rotatable bonds is 3. The van der Waals surface area contributed by atoms with Gasteiger partial charge in [0.1, 0.15) is 0 Å². The maximum absolute atomic E-state index is 2.85. The van der Waals surface area contributed by atoms with Crippen molar-refractivity contribution in [1.29, 1.82) is 0 Å². The fourth-order valence-electron chi connectivity index (χ4n) is 17.6. The number of nitrogens with zero attached hydrogens (tertiary/aromatic N) is 3. The van der Waals surface area contributed by atoms with Gasteiger partial charge >= 0.3 is 0 Å². The van der Waals surface area contributed by atoms with Gasteiger partial charge in [0.25, 0.3) is 6.71 Å². The van der Waals surface area contributed by atoms with Crippen molar-refractivity contribution in [2.45, 2.75) is 140 Å². The molecule has 0 spiro atoms. The van der Waals surface area contributed by atoms with Crippen LogP contribution in [-0.4, -0.2) is 12.3 Å². The average molecular weight is 1100 g/mol. The summed E-state index contributed by atoms with van der Waals surface area (Å²) >= 11 is 3.88. The molecule has 1 fully saturated rings. The van der Waals surface area contributed by atoms with E-state index < -0.39 is 0 Å². The van der Waals surface area contributed by atoms with E-state index in [1.54, 1.807) is 0 Å². The van der Waals surface area contributed by atoms with Crippen LogP contribution < -0.4 is 31.1 Å². The Morgan fingerprint density at radius 1 is 0.378 bits per heavy atom. The van der Waals surface area contributed by atoms with Crippen molar-refractivity contribution < 1.29 is 0 Å². The zero-order valence-electron chi connectivity index (χ0n) is 49.1. The van der Waals surface area contributed by atoms with Crippen molar-refractivity contribution in [3.05, 3.63) is 209 Å². The molecular weight excluding hydrogens is 1030 g/mol. The third-order valence-electron chi connectivity index (χ3n) is 22.3. The lowest BCUT2D eigenvalue weighted by atomic mass is 9.32. The Hall–Kier alpha value is -7.12. The van der Waals surface area contributed by atoms with Gasteiger partial charge in [-0.15, -0.1) is 22.7 Å². The van der Waals surface area contributed by atoms with E-state index in [4.69, 9.17) is 0 Å². The van der Waals surface area contributed by atoms with Gasteiger partial charge in [0, 0.05) is 86.0 Å². The SMILES string of the molecule is CC1(C)CCC(C)(C)c2cc3c(cc21)B1c2cc4c(cc2N(c2cccc5sc6ccccc6c25)c2cc(N5c6ccccc6C6(C)CCCCC56C)cc(c21)N3c1cccc2c1sc1ccccc12)C(C)(C)c1ccccc1C4(C)C. The molecule has 5 heterocycles. The molecule has 0 saturated heterocycles. The highest BCUT2D eigenvalue weighted by Gasteiger charge is 2.58. The predicted octanol–water partition coefficient (Wildman–Crippen LogP) is 19.6. The van der Waals surface area contributed by atoms with Crippen LogP contribution in [0.2, 0.25) is 0 Å². The molecule has 6 heteroatoms. The van der Waals surface area contributed by atoms with Gasteiger partial charge in [-0.05, 0) is 159 Å². The highest BCUT2D eigenvalue weighted by Crippen LogP contribution is 2.63. The van der Waals surface area contributed by atoms with Gasteiger partial charge in [-0.2, -0.15) is 0 Å². The first-order chi connectivity index (χ1) is 39.4. The minimum atomic E-state index is -0.255. The van der Waals surface area contributed by atoms with E-state index in [2.05, 4.69) is 254 Å². The Morgan fingerprint density at radius 2 is 0.878 bits per heavy atom. The molecule has 2 aromatic heterocycles. The minimum Gasteiger partial charge on any atom is -0.334 e. The molecule has 6 aliphatic rings. The molecule has 0 bridgehead atoms. The maximum Gasteiger partial charge on any atom is 0.252 e. The molecule has 3 aliphatic carbocycles. The number of para-hydroxylation sites is 1. The van der Waals surface area contributed by atoms with Crippen LogP contribution in [-0.2, 0) is 27.1 Å². The Bertz CT molecular complexity index is 4630. The molecule has 82 heavy (non-hydrogen) atoms. The Balaban J connectivity index is 1.07. The molecule has 404 valence electrons. The van der Waals surface area contributed by atoms with Gasteiger partial charge in [-0.1, -0.05) is 184 Å². The van der Waals surface area contributed by atoms with Crippen LogP contribution in [0.3, 0.4) is 0 Å². The van der Waals surface area contributed by atoms with Gasteiger partial charge in [0.15, 0.2) is 0 Å². The van der Waals surface area contributed by atoms with Crippen molar-refractivity contribution in [3.8, 4) is 0 Å². The molecule has 0 amide bonds. The summed E-state index contributed by atoms with van der Waals surface area (Å²) in [5.41, 5.74) is 24.0. The molecule has 9 aromatic carbocycles. The van der Waals surface area contributed by atoms with Crippen molar-refractivity contribution in [3.63, 3.8) is 0 Å². The van der Waals surface area contributed by atoms with Crippen molar-refractivity contribution >= 4 is 132 Å². The molecule has 2 unspecified atom stereocenters. The van der Waals surface area contributed by atoms with Gasteiger partial charge in [-0.3, -0.25) is 0 Å². The second kappa shape index (κ2) is 16.4. The fraction of sp³-hybridized carbons (Fsp3) is 0.289. The summed E-state index contributed by atoms with van der Waals surface area (Å²) in [4.78, 5) is 8.43. The summed E-state index contributed by atoms with van der Waals surface area (Å²) in [7, 11) is 0. The number of hydrogen-bond donors (Lipinski definition) is 0. The van der Waals surface area contributed by atoms with Crippen LogP contribution in [0.25, 0.3) is 40.3 Å². The van der Waals surface area contributed by atoms with Crippen molar-refractivity contribution in [2.75, 3.05) is 14.7 Å². The third-order valence-corrected chi connectivity index (χ3v) is 24.6. The normalized spacial score (nSPS) is 21.9. The molecule has 17 rings (SSSR count).